The topological polar surface area (TPSA) is 41.1 Å². The Bertz CT molecular complexity index is 836. The lowest BCUT2D eigenvalue weighted by atomic mass is 10.1. The average Bonchev–Trinajstić information content (AvgIpc) is 3.05. The van der Waals surface area contributed by atoms with Crippen LogP contribution in [0.1, 0.15) is 18.4 Å². The van der Waals surface area contributed by atoms with E-state index in [0.717, 1.165) is 54.2 Å². The maximum Gasteiger partial charge on any atom is 0.120 e. The minimum atomic E-state index is 0. The third-order valence-corrected chi connectivity index (χ3v) is 4.90. The number of hydrogen-bond acceptors (Lipinski definition) is 3. The highest BCUT2D eigenvalue weighted by molar-refractivity contribution is 6.31. The molecule has 0 radical (unpaired) electrons. The second-order valence-corrected chi connectivity index (χ2v) is 6.73. The summed E-state index contributed by atoms with van der Waals surface area (Å²) in [4.78, 5) is 2.42. The van der Waals surface area contributed by atoms with Crippen molar-refractivity contribution in [2.45, 2.75) is 25.5 Å². The van der Waals surface area contributed by atoms with Gasteiger partial charge in [0, 0.05) is 23.5 Å². The Morgan fingerprint density at radius 1 is 1.24 bits per heavy atom. The van der Waals surface area contributed by atoms with Crippen molar-refractivity contribution in [1.29, 1.82) is 0 Å². The first kappa shape index (κ1) is 18.1. The number of halogens is 2. The quantitative estimate of drug-likeness (QED) is 0.717. The second kappa shape index (κ2) is 8.09. The largest absolute Gasteiger partial charge is 0.489 e. The van der Waals surface area contributed by atoms with Crippen LogP contribution in [0.5, 0.6) is 5.75 Å². The van der Waals surface area contributed by atoms with Crippen molar-refractivity contribution in [3.05, 3.63) is 59.2 Å². The summed E-state index contributed by atoms with van der Waals surface area (Å²) in [6.45, 7) is 2.89. The molecule has 0 saturated carbocycles. The van der Waals surface area contributed by atoms with Crippen LogP contribution in [-0.4, -0.2) is 34.3 Å². The first-order valence-electron chi connectivity index (χ1n) is 8.33. The molecule has 4 nitrogen and oxygen atoms in total. The molecule has 0 spiro atoms. The van der Waals surface area contributed by atoms with E-state index in [4.69, 9.17) is 16.3 Å². The van der Waals surface area contributed by atoms with Crippen LogP contribution in [0, 0.1) is 0 Å². The van der Waals surface area contributed by atoms with Gasteiger partial charge in [-0.25, -0.2) is 0 Å². The zero-order valence-corrected chi connectivity index (χ0v) is 15.4. The van der Waals surface area contributed by atoms with Crippen LogP contribution in [0.2, 0.25) is 5.02 Å². The molecule has 1 fully saturated rings. The van der Waals surface area contributed by atoms with Crippen LogP contribution in [0.25, 0.3) is 10.9 Å². The predicted octanol–water partition coefficient (Wildman–Crippen LogP) is 4.68. The lowest BCUT2D eigenvalue weighted by Crippen LogP contribution is -2.40. The fraction of sp³-hybridized carbons (Fsp3) is 0.316. The Morgan fingerprint density at radius 2 is 2.12 bits per heavy atom. The van der Waals surface area contributed by atoms with Crippen molar-refractivity contribution < 1.29 is 4.74 Å². The zero-order valence-electron chi connectivity index (χ0n) is 13.8. The number of nitrogens with one attached hydrogen (secondary N) is 1. The zero-order chi connectivity index (χ0) is 16.4. The molecule has 132 valence electrons. The number of fused-ring (bicyclic) bond motifs is 1. The highest BCUT2D eigenvalue weighted by Crippen LogP contribution is 2.24. The lowest BCUT2D eigenvalue weighted by Gasteiger charge is -2.33. The first-order valence-corrected chi connectivity index (χ1v) is 8.71. The van der Waals surface area contributed by atoms with Crippen LogP contribution >= 0.6 is 24.0 Å². The van der Waals surface area contributed by atoms with E-state index in [1.807, 2.05) is 42.6 Å². The van der Waals surface area contributed by atoms with Crippen molar-refractivity contribution in [3.63, 3.8) is 0 Å². The van der Waals surface area contributed by atoms with E-state index < -0.39 is 0 Å². The molecule has 0 bridgehead atoms. The molecule has 0 amide bonds. The van der Waals surface area contributed by atoms with Gasteiger partial charge in [-0.1, -0.05) is 29.8 Å². The summed E-state index contributed by atoms with van der Waals surface area (Å²) in [7, 11) is 0. The summed E-state index contributed by atoms with van der Waals surface area (Å²) in [5.74, 6) is 0.911. The normalized spacial score (nSPS) is 18.0. The fourth-order valence-corrected chi connectivity index (χ4v) is 3.50. The van der Waals surface area contributed by atoms with Gasteiger partial charge >= 0.3 is 0 Å². The second-order valence-electron chi connectivity index (χ2n) is 6.33. The minimum Gasteiger partial charge on any atom is -0.489 e. The molecule has 1 saturated heterocycles. The molecule has 3 aromatic rings. The third-order valence-electron chi connectivity index (χ3n) is 4.53. The van der Waals surface area contributed by atoms with Crippen LogP contribution < -0.4 is 4.74 Å². The molecule has 1 unspecified atom stereocenters. The van der Waals surface area contributed by atoms with Gasteiger partial charge in [0.15, 0.2) is 0 Å². The van der Waals surface area contributed by atoms with Gasteiger partial charge in [-0.15, -0.1) is 12.4 Å². The van der Waals surface area contributed by atoms with Crippen molar-refractivity contribution >= 4 is 34.9 Å². The summed E-state index contributed by atoms with van der Waals surface area (Å²) in [6, 6.07) is 14.1. The number of H-pyrrole nitrogens is 1. The minimum absolute atomic E-state index is 0. The molecule has 0 aliphatic carbocycles. The maximum absolute atomic E-state index is 6.29. The van der Waals surface area contributed by atoms with Gasteiger partial charge in [-0.3, -0.25) is 10.00 Å². The van der Waals surface area contributed by atoms with E-state index >= 15 is 0 Å². The number of aromatic amines is 1. The first-order chi connectivity index (χ1) is 11.8. The van der Waals surface area contributed by atoms with Crippen molar-refractivity contribution in [2.24, 2.45) is 0 Å². The Morgan fingerprint density at radius 3 is 3.00 bits per heavy atom. The number of aromatic nitrogens is 2. The van der Waals surface area contributed by atoms with Crippen LogP contribution in [0.3, 0.4) is 0 Å². The molecule has 4 rings (SSSR count). The summed E-state index contributed by atoms with van der Waals surface area (Å²) in [6.07, 6.45) is 4.27. The van der Waals surface area contributed by atoms with E-state index in [9.17, 15) is 0 Å². The van der Waals surface area contributed by atoms with Crippen LogP contribution in [0.4, 0.5) is 0 Å². The summed E-state index contributed by atoms with van der Waals surface area (Å²) < 4.78 is 6.21. The fourth-order valence-electron chi connectivity index (χ4n) is 3.31. The van der Waals surface area contributed by atoms with E-state index in [1.54, 1.807) is 0 Å². The van der Waals surface area contributed by atoms with E-state index in [0.29, 0.717) is 0 Å². The molecule has 2 aromatic carbocycles. The molecular formula is C19H21Cl2N3O. The molecule has 1 aliphatic rings. The predicted molar refractivity (Wildman–Crippen MR) is 104 cm³/mol. The van der Waals surface area contributed by atoms with Crippen molar-refractivity contribution in [2.75, 3.05) is 13.1 Å². The van der Waals surface area contributed by atoms with Gasteiger partial charge in [0.05, 0.1) is 11.7 Å². The Hall–Kier alpha value is -1.75. The van der Waals surface area contributed by atoms with E-state index in [-0.39, 0.29) is 18.5 Å². The highest BCUT2D eigenvalue weighted by atomic mass is 35.5. The summed E-state index contributed by atoms with van der Waals surface area (Å²) >= 11 is 6.29. The highest BCUT2D eigenvalue weighted by Gasteiger charge is 2.22. The van der Waals surface area contributed by atoms with Gasteiger partial charge in [0.25, 0.3) is 0 Å². The number of likely N-dealkylation sites (tertiary alicyclic amines) is 1. The van der Waals surface area contributed by atoms with Gasteiger partial charge < -0.3 is 4.74 Å². The number of ether oxygens (including phenoxy) is 1. The molecule has 6 heteroatoms. The van der Waals surface area contributed by atoms with Crippen LogP contribution in [-0.2, 0) is 6.54 Å². The Balaban J connectivity index is 0.00000182. The molecule has 1 N–H and O–H groups in total. The smallest absolute Gasteiger partial charge is 0.120 e. The van der Waals surface area contributed by atoms with Crippen molar-refractivity contribution in [1.82, 2.24) is 15.1 Å². The lowest BCUT2D eigenvalue weighted by molar-refractivity contribution is 0.0844. The van der Waals surface area contributed by atoms with Gasteiger partial charge in [0.2, 0.25) is 0 Å². The number of piperidine rings is 1. The van der Waals surface area contributed by atoms with E-state index in [1.165, 1.54) is 5.56 Å². The molecule has 1 aliphatic heterocycles. The summed E-state index contributed by atoms with van der Waals surface area (Å²) in [5.41, 5.74) is 2.21. The van der Waals surface area contributed by atoms with Crippen LogP contribution in [0.15, 0.2) is 48.7 Å². The SMILES string of the molecule is Cl.Clc1ccccc1CN1CCCC(Oc2ccc3[nH]ncc3c2)C1. The Kier molecular flexibility index (Phi) is 5.84. The van der Waals surface area contributed by atoms with Crippen molar-refractivity contribution in [3.8, 4) is 5.75 Å². The van der Waals surface area contributed by atoms with Gasteiger partial charge in [-0.05, 0) is 49.2 Å². The van der Waals surface area contributed by atoms with Gasteiger partial charge in [0.1, 0.15) is 11.9 Å². The van der Waals surface area contributed by atoms with E-state index in [2.05, 4.69) is 21.2 Å². The number of hydrogen-bond donors (Lipinski definition) is 1. The Labute approximate surface area is 158 Å². The monoisotopic (exact) mass is 377 g/mol. The standard InChI is InChI=1S/C19H20ClN3O.ClH/c20-18-6-2-1-4-14(18)12-23-9-3-5-17(13-23)24-16-7-8-19-15(10-16)11-21-22-19;/h1-2,4,6-8,10-11,17H,3,5,9,12-13H2,(H,21,22);1H. The number of rotatable bonds is 4. The summed E-state index contributed by atoms with van der Waals surface area (Å²) in [5, 5.41) is 8.94. The average molecular weight is 378 g/mol. The maximum atomic E-state index is 6.29. The molecule has 1 aromatic heterocycles. The third kappa shape index (κ3) is 4.27. The van der Waals surface area contributed by atoms with Gasteiger partial charge in [-0.2, -0.15) is 5.10 Å². The molecule has 1 atom stereocenters. The molecular weight excluding hydrogens is 357 g/mol. The number of benzene rings is 2. The number of nitrogens with zero attached hydrogens (tertiary/aromatic N) is 2. The molecule has 25 heavy (non-hydrogen) atoms. The molecule has 2 heterocycles.